The minimum Gasteiger partial charge on any atom is -0.391 e. The highest BCUT2D eigenvalue weighted by Crippen LogP contribution is 2.38. The summed E-state index contributed by atoms with van der Waals surface area (Å²) in [5, 5.41) is 20.5. The van der Waals surface area contributed by atoms with E-state index in [1.807, 2.05) is 0 Å². The summed E-state index contributed by atoms with van der Waals surface area (Å²) in [6, 6.07) is 1.55. The van der Waals surface area contributed by atoms with Crippen LogP contribution in [0.2, 0.25) is 0 Å². The van der Waals surface area contributed by atoms with E-state index in [-0.39, 0.29) is 17.6 Å². The number of hydrogen-bond donors (Lipinski definition) is 1. The maximum Gasteiger partial charge on any atom is 0.287 e. The number of rotatable bonds is 3. The van der Waals surface area contributed by atoms with Gasteiger partial charge < -0.3 is 14.6 Å². The highest BCUT2D eigenvalue weighted by atomic mass is 16.6. The van der Waals surface area contributed by atoms with Crippen LogP contribution in [0.3, 0.4) is 0 Å². The molecule has 2 aliphatic rings. The molecule has 1 aliphatic heterocycles. The molecule has 1 saturated carbocycles. The Morgan fingerprint density at radius 1 is 1.40 bits per heavy atom. The first-order valence-electron chi connectivity index (χ1n) is 6.90. The Morgan fingerprint density at radius 2 is 2.15 bits per heavy atom. The lowest BCUT2D eigenvalue weighted by atomic mass is 10.1. The molecule has 0 aromatic carbocycles. The second-order valence-corrected chi connectivity index (χ2v) is 5.53. The van der Waals surface area contributed by atoms with Gasteiger partial charge in [-0.25, -0.2) is 0 Å². The van der Waals surface area contributed by atoms with Crippen LogP contribution in [0.25, 0.3) is 0 Å². The van der Waals surface area contributed by atoms with Crippen LogP contribution in [0.1, 0.15) is 42.2 Å². The first-order chi connectivity index (χ1) is 9.56. The van der Waals surface area contributed by atoms with Crippen molar-refractivity contribution in [3.63, 3.8) is 0 Å². The van der Waals surface area contributed by atoms with Gasteiger partial charge in [0, 0.05) is 25.2 Å². The Hall–Kier alpha value is -1.89. The molecule has 1 N–H and O–H groups in total. The van der Waals surface area contributed by atoms with Gasteiger partial charge >= 0.3 is 0 Å². The lowest BCUT2D eigenvalue weighted by Crippen LogP contribution is -2.42. The Morgan fingerprint density at radius 3 is 2.75 bits per heavy atom. The monoisotopic (exact) mass is 279 g/mol. The number of β-amino-alcohol motifs (C(OH)–C–C–N with tert-alkyl or cyclic N) is 1. The summed E-state index contributed by atoms with van der Waals surface area (Å²) in [6.07, 6.45) is 4.33. The standard InChI is InChI=1S/C13H17N3O4/c17-11-2-1-5-14(8-11)13(18)12-6-10(16(19)20)7-15(12)9-3-4-9/h6-7,9,11,17H,1-5,8H2. The maximum absolute atomic E-state index is 12.5. The predicted molar refractivity (Wildman–Crippen MR) is 70.5 cm³/mol. The van der Waals surface area contributed by atoms with Gasteiger partial charge in [-0.1, -0.05) is 0 Å². The number of aliphatic hydroxyl groups excluding tert-OH is 1. The van der Waals surface area contributed by atoms with E-state index in [2.05, 4.69) is 0 Å². The number of aromatic nitrogens is 1. The Bertz CT molecular complexity index is 550. The molecule has 1 amide bonds. The maximum atomic E-state index is 12.5. The SMILES string of the molecule is O=C(c1cc([N+](=O)[O-])cn1C1CC1)N1CCCC(O)C1. The number of nitrogens with zero attached hydrogens (tertiary/aromatic N) is 3. The summed E-state index contributed by atoms with van der Waals surface area (Å²) in [7, 11) is 0. The first-order valence-corrected chi connectivity index (χ1v) is 6.90. The predicted octanol–water partition coefficient (Wildman–Crippen LogP) is 1.33. The average Bonchev–Trinajstić information content (AvgIpc) is 3.16. The first kappa shape index (κ1) is 13.1. The van der Waals surface area contributed by atoms with Crippen molar-refractivity contribution in [2.24, 2.45) is 0 Å². The van der Waals surface area contributed by atoms with E-state index in [1.54, 1.807) is 9.47 Å². The summed E-state index contributed by atoms with van der Waals surface area (Å²) in [5.41, 5.74) is 0.325. The fourth-order valence-electron chi connectivity index (χ4n) is 2.69. The molecule has 1 unspecified atom stereocenters. The highest BCUT2D eigenvalue weighted by molar-refractivity contribution is 5.93. The van der Waals surface area contributed by atoms with Crippen molar-refractivity contribution in [2.75, 3.05) is 13.1 Å². The van der Waals surface area contributed by atoms with Crippen molar-refractivity contribution >= 4 is 11.6 Å². The van der Waals surface area contributed by atoms with Crippen LogP contribution in [0.4, 0.5) is 5.69 Å². The van der Waals surface area contributed by atoms with Crippen molar-refractivity contribution in [3.05, 3.63) is 28.1 Å². The molecule has 3 rings (SSSR count). The molecule has 0 bridgehead atoms. The molecule has 7 heteroatoms. The number of nitro groups is 1. The molecule has 7 nitrogen and oxygen atoms in total. The second kappa shape index (κ2) is 4.90. The second-order valence-electron chi connectivity index (χ2n) is 5.53. The number of carbonyl (C=O) groups excluding carboxylic acids is 1. The summed E-state index contributed by atoms with van der Waals surface area (Å²) in [4.78, 5) is 24.5. The fourth-order valence-corrected chi connectivity index (χ4v) is 2.69. The van der Waals surface area contributed by atoms with Crippen molar-refractivity contribution in [2.45, 2.75) is 37.8 Å². The van der Waals surface area contributed by atoms with Gasteiger partial charge in [-0.2, -0.15) is 0 Å². The molecule has 1 aromatic heterocycles. The van der Waals surface area contributed by atoms with E-state index in [0.717, 1.165) is 19.3 Å². The molecular weight excluding hydrogens is 262 g/mol. The molecule has 20 heavy (non-hydrogen) atoms. The summed E-state index contributed by atoms with van der Waals surface area (Å²) in [6.45, 7) is 0.905. The largest absolute Gasteiger partial charge is 0.391 e. The summed E-state index contributed by atoms with van der Waals surface area (Å²) < 4.78 is 1.72. The van der Waals surface area contributed by atoms with Crippen molar-refractivity contribution < 1.29 is 14.8 Å². The van der Waals surface area contributed by atoms with Crippen molar-refractivity contribution in [1.29, 1.82) is 0 Å². The third kappa shape index (κ3) is 2.40. The van der Waals surface area contributed by atoms with E-state index in [9.17, 15) is 20.0 Å². The number of piperidine rings is 1. The van der Waals surface area contributed by atoms with Gasteiger partial charge in [0.1, 0.15) is 5.69 Å². The third-order valence-corrected chi connectivity index (χ3v) is 3.89. The number of carbonyl (C=O) groups is 1. The van der Waals surface area contributed by atoms with Crippen LogP contribution in [0, 0.1) is 10.1 Å². The van der Waals surface area contributed by atoms with E-state index < -0.39 is 11.0 Å². The molecule has 1 atom stereocenters. The van der Waals surface area contributed by atoms with Crippen LogP contribution in [0.5, 0.6) is 0 Å². The van der Waals surface area contributed by atoms with Crippen LogP contribution in [0.15, 0.2) is 12.3 Å². The number of aliphatic hydroxyl groups is 1. The molecule has 1 aliphatic carbocycles. The molecule has 1 saturated heterocycles. The minimum absolute atomic E-state index is 0.0437. The normalized spacial score (nSPS) is 22.9. The van der Waals surface area contributed by atoms with E-state index in [0.29, 0.717) is 25.2 Å². The van der Waals surface area contributed by atoms with Crippen LogP contribution in [-0.4, -0.2) is 44.6 Å². The van der Waals surface area contributed by atoms with E-state index in [1.165, 1.54) is 12.3 Å². The third-order valence-electron chi connectivity index (χ3n) is 3.89. The van der Waals surface area contributed by atoms with Crippen LogP contribution in [-0.2, 0) is 0 Å². The zero-order valence-electron chi connectivity index (χ0n) is 11.1. The Kier molecular flexibility index (Phi) is 3.21. The Labute approximate surface area is 115 Å². The van der Waals surface area contributed by atoms with Gasteiger partial charge in [0.2, 0.25) is 0 Å². The minimum atomic E-state index is -0.493. The van der Waals surface area contributed by atoms with Crippen molar-refractivity contribution in [3.8, 4) is 0 Å². The molecular formula is C13H17N3O4. The van der Waals surface area contributed by atoms with Crippen LogP contribution < -0.4 is 0 Å². The van der Waals surface area contributed by atoms with Gasteiger partial charge in [-0.15, -0.1) is 0 Å². The smallest absolute Gasteiger partial charge is 0.287 e. The van der Waals surface area contributed by atoms with Gasteiger partial charge in [0.15, 0.2) is 0 Å². The molecule has 108 valence electrons. The lowest BCUT2D eigenvalue weighted by molar-refractivity contribution is -0.384. The van der Waals surface area contributed by atoms with Gasteiger partial charge in [0.05, 0.1) is 17.2 Å². The topological polar surface area (TPSA) is 88.6 Å². The quantitative estimate of drug-likeness (QED) is 0.667. The van der Waals surface area contributed by atoms with E-state index >= 15 is 0 Å². The van der Waals surface area contributed by atoms with Crippen LogP contribution >= 0.6 is 0 Å². The van der Waals surface area contributed by atoms with Crippen molar-refractivity contribution in [1.82, 2.24) is 9.47 Å². The number of amides is 1. The molecule has 1 aromatic rings. The van der Waals surface area contributed by atoms with Gasteiger partial charge in [-0.05, 0) is 25.7 Å². The highest BCUT2D eigenvalue weighted by Gasteiger charge is 2.33. The number of hydrogen-bond acceptors (Lipinski definition) is 4. The summed E-state index contributed by atoms with van der Waals surface area (Å²) >= 11 is 0. The van der Waals surface area contributed by atoms with Gasteiger partial charge in [-0.3, -0.25) is 14.9 Å². The zero-order chi connectivity index (χ0) is 14.3. The molecule has 2 fully saturated rings. The molecule has 0 radical (unpaired) electrons. The number of likely N-dealkylation sites (tertiary alicyclic amines) is 1. The lowest BCUT2D eigenvalue weighted by Gasteiger charge is -2.30. The Balaban J connectivity index is 1.88. The molecule has 0 spiro atoms. The zero-order valence-corrected chi connectivity index (χ0v) is 11.1. The van der Waals surface area contributed by atoms with Gasteiger partial charge in [0.25, 0.3) is 11.6 Å². The fraction of sp³-hybridized carbons (Fsp3) is 0.615. The average molecular weight is 279 g/mol. The summed E-state index contributed by atoms with van der Waals surface area (Å²) in [5.74, 6) is -0.219. The van der Waals surface area contributed by atoms with E-state index in [4.69, 9.17) is 0 Å². The molecule has 2 heterocycles.